The van der Waals surface area contributed by atoms with Crippen molar-refractivity contribution < 1.29 is 9.53 Å². The highest BCUT2D eigenvalue weighted by molar-refractivity contribution is 6.30. The fraction of sp³-hybridized carbons (Fsp3) is 0.571. The molecule has 0 atom stereocenters. The third-order valence-corrected chi connectivity index (χ3v) is 2.96. The molecule has 128 valence electrons. The van der Waals surface area contributed by atoms with Crippen molar-refractivity contribution in [1.29, 1.82) is 0 Å². The summed E-state index contributed by atoms with van der Waals surface area (Å²) in [6.07, 6.45) is 6.17. The number of hydrogen-bond acceptors (Lipinski definition) is 4. The lowest BCUT2D eigenvalue weighted by Gasteiger charge is -2.07. The molecule has 8 heteroatoms. The van der Waals surface area contributed by atoms with Gasteiger partial charge in [-0.1, -0.05) is 24.4 Å². The number of carbonyl (C=O) groups excluding carboxylic acids is 1. The fourth-order valence-electron chi connectivity index (χ4n) is 1.67. The molecule has 1 aromatic heterocycles. The van der Waals surface area contributed by atoms with Crippen molar-refractivity contribution in [1.82, 2.24) is 10.3 Å². The third-order valence-electron chi connectivity index (χ3n) is 2.73. The Bertz CT molecular complexity index is 391. The van der Waals surface area contributed by atoms with Gasteiger partial charge in [-0.15, -0.1) is 24.8 Å². The minimum Gasteiger partial charge on any atom is -0.476 e. The van der Waals surface area contributed by atoms with Gasteiger partial charge in [-0.05, 0) is 25.5 Å². The van der Waals surface area contributed by atoms with E-state index in [0.717, 1.165) is 32.2 Å². The standard InChI is InChI=1S/C14H22ClN3O2.2ClH/c15-12-6-7-14(18-11-12)20-10-9-17-13(19)5-3-1-2-4-8-16;;/h6-7,11H,1-5,8-10,16H2,(H,17,19);2*1H. The summed E-state index contributed by atoms with van der Waals surface area (Å²) in [4.78, 5) is 15.5. The molecule has 0 saturated carbocycles. The molecule has 0 saturated heterocycles. The van der Waals surface area contributed by atoms with E-state index in [1.54, 1.807) is 12.1 Å². The van der Waals surface area contributed by atoms with Gasteiger partial charge in [-0.3, -0.25) is 4.79 Å². The van der Waals surface area contributed by atoms with Crippen LogP contribution >= 0.6 is 36.4 Å². The summed E-state index contributed by atoms with van der Waals surface area (Å²) in [5.41, 5.74) is 5.40. The Kier molecular flexibility index (Phi) is 16.2. The summed E-state index contributed by atoms with van der Waals surface area (Å²) in [6, 6.07) is 3.41. The van der Waals surface area contributed by atoms with Crippen molar-refractivity contribution in [3.05, 3.63) is 23.4 Å². The van der Waals surface area contributed by atoms with E-state index in [1.807, 2.05) is 0 Å². The molecule has 0 aliphatic heterocycles. The van der Waals surface area contributed by atoms with Crippen molar-refractivity contribution in [2.45, 2.75) is 32.1 Å². The molecule has 5 nitrogen and oxygen atoms in total. The summed E-state index contributed by atoms with van der Waals surface area (Å²) in [7, 11) is 0. The number of nitrogens with two attached hydrogens (primary N) is 1. The van der Waals surface area contributed by atoms with Gasteiger partial charge < -0.3 is 15.8 Å². The monoisotopic (exact) mass is 371 g/mol. The number of carbonyl (C=O) groups is 1. The van der Waals surface area contributed by atoms with E-state index in [0.29, 0.717) is 30.5 Å². The number of rotatable bonds is 10. The number of unbranched alkanes of at least 4 members (excludes halogenated alkanes) is 3. The van der Waals surface area contributed by atoms with Crippen molar-refractivity contribution in [3.8, 4) is 5.88 Å². The number of ether oxygens (including phenoxy) is 1. The van der Waals surface area contributed by atoms with E-state index >= 15 is 0 Å². The van der Waals surface area contributed by atoms with Gasteiger partial charge in [0.2, 0.25) is 11.8 Å². The topological polar surface area (TPSA) is 77.2 Å². The maximum atomic E-state index is 11.5. The number of hydrogen-bond donors (Lipinski definition) is 2. The van der Waals surface area contributed by atoms with Gasteiger partial charge in [0.1, 0.15) is 6.61 Å². The van der Waals surface area contributed by atoms with Crippen LogP contribution in [0.15, 0.2) is 18.3 Å². The minimum absolute atomic E-state index is 0. The normalized spacial score (nSPS) is 9.36. The van der Waals surface area contributed by atoms with Crippen molar-refractivity contribution >= 4 is 42.3 Å². The quantitative estimate of drug-likeness (QED) is 0.619. The van der Waals surface area contributed by atoms with Gasteiger partial charge in [-0.2, -0.15) is 0 Å². The fourth-order valence-corrected chi connectivity index (χ4v) is 1.78. The van der Waals surface area contributed by atoms with Gasteiger partial charge in [0.15, 0.2) is 0 Å². The SMILES string of the molecule is Cl.Cl.NCCCCCCC(=O)NCCOc1ccc(Cl)cn1. The molecule has 1 rings (SSSR count). The molecular formula is C14H24Cl3N3O2. The first-order valence-corrected chi connectivity index (χ1v) is 7.31. The molecule has 1 amide bonds. The predicted octanol–water partition coefficient (Wildman–Crippen LogP) is 2.98. The van der Waals surface area contributed by atoms with Crippen LogP contribution in [0.1, 0.15) is 32.1 Å². The van der Waals surface area contributed by atoms with Crippen LogP contribution in [-0.2, 0) is 4.79 Å². The second kappa shape index (κ2) is 15.2. The molecule has 0 aromatic carbocycles. The molecule has 3 N–H and O–H groups in total. The highest BCUT2D eigenvalue weighted by Crippen LogP contribution is 2.10. The van der Waals surface area contributed by atoms with Crippen LogP contribution in [0.2, 0.25) is 5.02 Å². The number of pyridine rings is 1. The third kappa shape index (κ3) is 11.9. The van der Waals surface area contributed by atoms with E-state index in [1.165, 1.54) is 6.20 Å². The van der Waals surface area contributed by atoms with Gasteiger partial charge in [0.25, 0.3) is 0 Å². The van der Waals surface area contributed by atoms with Crippen LogP contribution in [0.3, 0.4) is 0 Å². The molecule has 1 heterocycles. The van der Waals surface area contributed by atoms with E-state index in [9.17, 15) is 4.79 Å². The highest BCUT2D eigenvalue weighted by Gasteiger charge is 2.01. The highest BCUT2D eigenvalue weighted by atomic mass is 35.5. The molecule has 1 aromatic rings. The van der Waals surface area contributed by atoms with Crippen LogP contribution in [-0.4, -0.2) is 30.6 Å². The van der Waals surface area contributed by atoms with Crippen LogP contribution in [0.25, 0.3) is 0 Å². The molecular weight excluding hydrogens is 349 g/mol. The average molecular weight is 373 g/mol. The molecule has 0 unspecified atom stereocenters. The molecule has 0 aliphatic rings. The summed E-state index contributed by atoms with van der Waals surface area (Å²) in [6.45, 7) is 1.60. The summed E-state index contributed by atoms with van der Waals surface area (Å²) in [5, 5.41) is 3.38. The molecule has 0 spiro atoms. The smallest absolute Gasteiger partial charge is 0.220 e. The van der Waals surface area contributed by atoms with Crippen molar-refractivity contribution in [2.75, 3.05) is 19.7 Å². The van der Waals surface area contributed by atoms with E-state index in [2.05, 4.69) is 10.3 Å². The number of halogens is 3. The van der Waals surface area contributed by atoms with Gasteiger partial charge in [-0.25, -0.2) is 4.98 Å². The number of nitrogens with one attached hydrogen (secondary N) is 1. The summed E-state index contributed by atoms with van der Waals surface area (Å²) < 4.78 is 5.37. The largest absolute Gasteiger partial charge is 0.476 e. The maximum absolute atomic E-state index is 11.5. The Balaban J connectivity index is 0. The molecule has 22 heavy (non-hydrogen) atoms. The number of amides is 1. The first-order valence-electron chi connectivity index (χ1n) is 6.93. The second-order valence-electron chi connectivity index (χ2n) is 4.47. The predicted molar refractivity (Wildman–Crippen MR) is 94.4 cm³/mol. The van der Waals surface area contributed by atoms with Crippen molar-refractivity contribution in [3.63, 3.8) is 0 Å². The maximum Gasteiger partial charge on any atom is 0.220 e. The second-order valence-corrected chi connectivity index (χ2v) is 4.90. The van der Waals surface area contributed by atoms with E-state index in [-0.39, 0.29) is 30.7 Å². The molecule has 0 bridgehead atoms. The average Bonchev–Trinajstić information content (AvgIpc) is 2.45. The van der Waals surface area contributed by atoms with Crippen LogP contribution in [0.5, 0.6) is 5.88 Å². The lowest BCUT2D eigenvalue weighted by atomic mass is 10.1. The van der Waals surface area contributed by atoms with Gasteiger partial charge >= 0.3 is 0 Å². The zero-order valence-electron chi connectivity index (χ0n) is 12.4. The number of aromatic nitrogens is 1. The summed E-state index contributed by atoms with van der Waals surface area (Å²) >= 11 is 5.71. The van der Waals surface area contributed by atoms with E-state index < -0.39 is 0 Å². The Morgan fingerprint density at radius 2 is 1.95 bits per heavy atom. The van der Waals surface area contributed by atoms with Crippen LogP contribution in [0, 0.1) is 0 Å². The molecule has 0 aliphatic carbocycles. The van der Waals surface area contributed by atoms with Gasteiger partial charge in [0.05, 0.1) is 11.6 Å². The van der Waals surface area contributed by atoms with Crippen LogP contribution in [0.4, 0.5) is 0 Å². The van der Waals surface area contributed by atoms with Gasteiger partial charge in [0, 0.05) is 18.7 Å². The Labute approximate surface area is 149 Å². The Morgan fingerprint density at radius 3 is 2.59 bits per heavy atom. The Hall–Kier alpha value is -0.750. The Morgan fingerprint density at radius 1 is 1.23 bits per heavy atom. The lowest BCUT2D eigenvalue weighted by molar-refractivity contribution is -0.121. The first kappa shape index (κ1) is 23.5. The zero-order valence-corrected chi connectivity index (χ0v) is 14.8. The van der Waals surface area contributed by atoms with E-state index in [4.69, 9.17) is 22.1 Å². The molecule has 0 radical (unpaired) electrons. The zero-order chi connectivity index (χ0) is 14.6. The van der Waals surface area contributed by atoms with Crippen LogP contribution < -0.4 is 15.8 Å². The first-order chi connectivity index (χ1) is 9.72. The number of nitrogens with zero attached hydrogens (tertiary/aromatic N) is 1. The summed E-state index contributed by atoms with van der Waals surface area (Å²) in [5.74, 6) is 0.566. The molecule has 0 fully saturated rings. The van der Waals surface area contributed by atoms with Crippen molar-refractivity contribution in [2.24, 2.45) is 5.73 Å². The minimum atomic E-state index is 0. The lowest BCUT2D eigenvalue weighted by Crippen LogP contribution is -2.27.